The van der Waals surface area contributed by atoms with Crippen molar-refractivity contribution in [3.63, 3.8) is 0 Å². The van der Waals surface area contributed by atoms with Gasteiger partial charge in [-0.25, -0.2) is 0 Å². The third-order valence-corrected chi connectivity index (χ3v) is 11.8. The summed E-state index contributed by atoms with van der Waals surface area (Å²) in [6.07, 6.45) is 3.57. The van der Waals surface area contributed by atoms with Gasteiger partial charge in [-0.3, -0.25) is 18.9 Å². The maximum Gasteiger partial charge on any atom is 0.260 e. The van der Waals surface area contributed by atoms with Crippen LogP contribution in [0.1, 0.15) is 46.5 Å². The van der Waals surface area contributed by atoms with E-state index in [1.54, 1.807) is 53.4 Å². The molecule has 13 nitrogen and oxygen atoms in total. The van der Waals surface area contributed by atoms with E-state index in [-0.39, 0.29) is 37.1 Å². The molecule has 3 atom stereocenters. The van der Waals surface area contributed by atoms with Crippen molar-refractivity contribution < 1.29 is 32.7 Å². The number of rotatable bonds is 13. The highest BCUT2D eigenvalue weighted by atomic mass is 32.2. The minimum Gasteiger partial charge on any atom is -0.493 e. The van der Waals surface area contributed by atoms with Crippen LogP contribution in [0.2, 0.25) is 0 Å². The van der Waals surface area contributed by atoms with Gasteiger partial charge in [0.1, 0.15) is 18.9 Å². The zero-order valence-electron chi connectivity index (χ0n) is 34.4. The van der Waals surface area contributed by atoms with E-state index in [1.165, 1.54) is 17.8 Å². The van der Waals surface area contributed by atoms with Gasteiger partial charge in [-0.2, -0.15) is 0 Å². The predicted octanol–water partition coefficient (Wildman–Crippen LogP) is 8.13. The summed E-state index contributed by atoms with van der Waals surface area (Å²) in [4.78, 5) is 33.8. The molecule has 0 fully saturated rings. The van der Waals surface area contributed by atoms with Gasteiger partial charge < -0.3 is 44.0 Å². The third kappa shape index (κ3) is 8.12. The molecule has 60 heavy (non-hydrogen) atoms. The van der Waals surface area contributed by atoms with Gasteiger partial charge in [0.05, 0.1) is 43.2 Å². The number of hydrogen-bond acceptors (Lipinski definition) is 12. The SMILES string of the molecule is CNc1cc(OCc2cc(COc3cc4c(cc3OC)OSN3c5ccccc5CC3/C=N\4)cc(NC(=O)C(C)NC)c2)c(OC)cc1C(=O)N1c2ccccc2C[C@H]1C. The number of para-hydroxylation sites is 2. The van der Waals surface area contributed by atoms with Crippen LogP contribution < -0.4 is 48.3 Å². The van der Waals surface area contributed by atoms with Crippen molar-refractivity contribution in [3.05, 3.63) is 119 Å². The summed E-state index contributed by atoms with van der Waals surface area (Å²) in [5.41, 5.74) is 8.22. The number of carbonyl (C=O) groups is 2. The molecule has 5 aromatic rings. The van der Waals surface area contributed by atoms with Gasteiger partial charge >= 0.3 is 0 Å². The number of aliphatic imine (C=N–C) groups is 1. The van der Waals surface area contributed by atoms with Crippen LogP contribution in [-0.4, -0.2) is 64.5 Å². The van der Waals surface area contributed by atoms with Crippen LogP contribution in [0.15, 0.2) is 96.0 Å². The summed E-state index contributed by atoms with van der Waals surface area (Å²) in [7, 11) is 6.64. The molecule has 0 saturated heterocycles. The Morgan fingerprint density at radius 1 is 0.833 bits per heavy atom. The second-order valence-corrected chi connectivity index (χ2v) is 15.6. The van der Waals surface area contributed by atoms with Crippen LogP contribution in [0.3, 0.4) is 0 Å². The molecule has 0 radical (unpaired) electrons. The molecule has 0 aromatic heterocycles. The first-order chi connectivity index (χ1) is 29.2. The Labute approximate surface area is 354 Å². The number of fused-ring (bicyclic) bond motifs is 5. The number of ether oxygens (including phenoxy) is 4. The van der Waals surface area contributed by atoms with Crippen molar-refractivity contribution in [2.45, 2.75) is 58.0 Å². The number of hydrogen-bond donors (Lipinski definition) is 3. The Morgan fingerprint density at radius 2 is 1.48 bits per heavy atom. The van der Waals surface area contributed by atoms with E-state index in [1.807, 2.05) is 65.7 Å². The topological polar surface area (TPSA) is 135 Å². The van der Waals surface area contributed by atoms with Gasteiger partial charge in [-0.05, 0) is 86.0 Å². The number of benzene rings is 5. The second kappa shape index (κ2) is 17.5. The summed E-state index contributed by atoms with van der Waals surface area (Å²) >= 11 is 1.28. The summed E-state index contributed by atoms with van der Waals surface area (Å²) in [6, 6.07) is 28.7. The van der Waals surface area contributed by atoms with Crippen LogP contribution in [0.4, 0.5) is 28.4 Å². The van der Waals surface area contributed by atoms with Crippen molar-refractivity contribution in [3.8, 4) is 28.7 Å². The average Bonchev–Trinajstić information content (AvgIpc) is 3.79. The molecule has 0 aliphatic carbocycles. The van der Waals surface area contributed by atoms with E-state index in [2.05, 4.69) is 45.4 Å². The third-order valence-electron chi connectivity index (χ3n) is 11.0. The molecule has 0 saturated carbocycles. The Kier molecular flexibility index (Phi) is 11.8. The fourth-order valence-corrected chi connectivity index (χ4v) is 8.53. The summed E-state index contributed by atoms with van der Waals surface area (Å²) in [5, 5.41) is 9.18. The molecule has 3 N–H and O–H groups in total. The van der Waals surface area contributed by atoms with Crippen molar-refractivity contribution in [1.29, 1.82) is 0 Å². The second-order valence-electron chi connectivity index (χ2n) is 14.9. The summed E-state index contributed by atoms with van der Waals surface area (Å²) in [5.74, 6) is 2.05. The Bertz CT molecular complexity index is 2460. The number of likely N-dealkylation sites (N-methyl/N-ethyl adjacent to an activating group) is 1. The molecule has 3 aliphatic rings. The number of amides is 2. The molecule has 14 heteroatoms. The van der Waals surface area contributed by atoms with Crippen molar-refractivity contribution >= 4 is 58.7 Å². The van der Waals surface area contributed by atoms with Gasteiger partial charge in [-0.15, -0.1) is 0 Å². The lowest BCUT2D eigenvalue weighted by atomic mass is 10.1. The van der Waals surface area contributed by atoms with E-state index in [0.717, 1.165) is 40.9 Å². The van der Waals surface area contributed by atoms with E-state index in [4.69, 9.17) is 28.1 Å². The van der Waals surface area contributed by atoms with E-state index < -0.39 is 6.04 Å². The standard InChI is InChI=1S/C46H48N6O7S/c1-27-15-31-11-7-9-13-38(31)51(27)46(54)35-20-41(55-5)43(21-36(35)48-4)57-25-29-16-30(18-33(17-29)50-45(53)28(2)47-3)26-58-44-22-37-40(23-42(44)56-6)59-60-52-34(24-49-37)19-32-12-8-10-14-39(32)52/h7-14,16-18,20-24,27-28,34,47-48H,15,19,25-26H2,1-6H3,(H,50,53)/b49-24-/t27-,28?,34?/m1/s1. The van der Waals surface area contributed by atoms with E-state index >= 15 is 0 Å². The molecule has 2 unspecified atom stereocenters. The van der Waals surface area contributed by atoms with E-state index in [0.29, 0.717) is 51.4 Å². The molecule has 0 bridgehead atoms. The van der Waals surface area contributed by atoms with Gasteiger partial charge in [0.25, 0.3) is 5.91 Å². The fraction of sp³-hybridized carbons (Fsp3) is 0.283. The molecular formula is C46H48N6O7S. The first kappa shape index (κ1) is 40.4. The quantitative estimate of drug-likeness (QED) is 0.0785. The molecule has 3 heterocycles. The van der Waals surface area contributed by atoms with Crippen LogP contribution in [0.5, 0.6) is 28.7 Å². The number of carbonyl (C=O) groups excluding carboxylic acids is 2. The predicted molar refractivity (Wildman–Crippen MR) is 237 cm³/mol. The zero-order valence-corrected chi connectivity index (χ0v) is 35.2. The van der Waals surface area contributed by atoms with Gasteiger partial charge in [0.15, 0.2) is 41.0 Å². The highest BCUT2D eigenvalue weighted by molar-refractivity contribution is 7.96. The Balaban J connectivity index is 1.03. The Morgan fingerprint density at radius 3 is 2.17 bits per heavy atom. The van der Waals surface area contributed by atoms with Crippen molar-refractivity contribution in [2.75, 3.05) is 48.2 Å². The van der Waals surface area contributed by atoms with Crippen LogP contribution >= 0.6 is 12.2 Å². The zero-order chi connectivity index (χ0) is 41.9. The average molecular weight is 829 g/mol. The summed E-state index contributed by atoms with van der Waals surface area (Å²) < 4.78 is 32.7. The first-order valence-corrected chi connectivity index (χ1v) is 20.5. The van der Waals surface area contributed by atoms with Gasteiger partial charge in [0, 0.05) is 55.3 Å². The van der Waals surface area contributed by atoms with Crippen molar-refractivity contribution in [1.82, 2.24) is 5.32 Å². The minimum absolute atomic E-state index is 0.00441. The number of nitrogens with zero attached hydrogens (tertiary/aromatic N) is 3. The van der Waals surface area contributed by atoms with Crippen molar-refractivity contribution in [2.24, 2.45) is 4.99 Å². The maximum absolute atomic E-state index is 14.1. The molecular weight excluding hydrogens is 781 g/mol. The van der Waals surface area contributed by atoms with Gasteiger partial charge in [-0.1, -0.05) is 36.4 Å². The lowest BCUT2D eigenvalue weighted by Crippen LogP contribution is -2.36. The lowest BCUT2D eigenvalue weighted by molar-refractivity contribution is -0.117. The normalized spacial score (nSPS) is 17.1. The fourth-order valence-electron chi connectivity index (χ4n) is 7.74. The Hall–Kier alpha value is -6.38. The monoisotopic (exact) mass is 828 g/mol. The number of anilines is 4. The maximum atomic E-state index is 14.1. The number of methoxy groups -OCH3 is 2. The molecule has 2 amide bonds. The van der Waals surface area contributed by atoms with E-state index in [9.17, 15) is 9.59 Å². The van der Waals surface area contributed by atoms with Gasteiger partial charge in [0.2, 0.25) is 5.91 Å². The molecule has 0 spiro atoms. The largest absolute Gasteiger partial charge is 0.493 e. The molecule has 8 rings (SSSR count). The number of nitrogens with one attached hydrogen (secondary N) is 3. The molecule has 3 aliphatic heterocycles. The highest BCUT2D eigenvalue weighted by Crippen LogP contribution is 2.46. The molecule has 310 valence electrons. The first-order valence-electron chi connectivity index (χ1n) is 19.8. The smallest absolute Gasteiger partial charge is 0.260 e. The van der Waals surface area contributed by atoms with Crippen LogP contribution in [0.25, 0.3) is 0 Å². The minimum atomic E-state index is -0.425. The molecule has 5 aromatic carbocycles. The lowest BCUT2D eigenvalue weighted by Gasteiger charge is -2.25. The van der Waals surface area contributed by atoms with Crippen LogP contribution in [0, 0.1) is 0 Å². The van der Waals surface area contributed by atoms with Crippen LogP contribution in [-0.2, 0) is 30.8 Å². The summed E-state index contributed by atoms with van der Waals surface area (Å²) in [6.45, 7) is 4.10. The highest BCUT2D eigenvalue weighted by Gasteiger charge is 2.34.